The highest BCUT2D eigenvalue weighted by atomic mass is 16.6. The van der Waals surface area contributed by atoms with Crippen molar-refractivity contribution in [3.8, 4) is 23.0 Å². The number of aliphatic hydroxyl groups is 1. The van der Waals surface area contributed by atoms with E-state index in [2.05, 4.69) is 31.8 Å². The molecule has 384 valence electrons. The Kier molecular flexibility index (Phi) is 49.8. The van der Waals surface area contributed by atoms with Crippen molar-refractivity contribution in [2.24, 2.45) is 17.4 Å². The predicted octanol–water partition coefficient (Wildman–Crippen LogP) is 8.15. The molecule has 2 aromatic carbocycles. The Morgan fingerprint density at radius 3 is 1.77 bits per heavy atom. The number of carbonyl (C=O) groups is 4. The molecule has 0 radical (unpaired) electrons. The summed E-state index contributed by atoms with van der Waals surface area (Å²) in [5, 5.41) is 48.5. The van der Waals surface area contributed by atoms with Crippen LogP contribution < -0.4 is 16.8 Å². The maximum absolute atomic E-state index is 11.8. The fourth-order valence-corrected chi connectivity index (χ4v) is 4.36. The van der Waals surface area contributed by atoms with Crippen molar-refractivity contribution in [1.29, 1.82) is 0 Å². The van der Waals surface area contributed by atoms with E-state index < -0.39 is 17.3 Å². The number of primary amides is 1. The van der Waals surface area contributed by atoms with Gasteiger partial charge in [0, 0.05) is 32.3 Å². The molecule has 2 aromatic rings. The van der Waals surface area contributed by atoms with Crippen LogP contribution in [0, 0.1) is 5.92 Å². The number of aldehydes is 1. The van der Waals surface area contributed by atoms with Gasteiger partial charge < -0.3 is 66.1 Å². The van der Waals surface area contributed by atoms with Gasteiger partial charge in [0.1, 0.15) is 17.6 Å². The highest BCUT2D eigenvalue weighted by Crippen LogP contribution is 2.26. The normalized spacial score (nSPS) is 11.5. The lowest BCUT2D eigenvalue weighted by atomic mass is 10.1. The minimum absolute atomic E-state index is 0.0199. The van der Waals surface area contributed by atoms with E-state index in [-0.39, 0.29) is 67.5 Å². The van der Waals surface area contributed by atoms with E-state index in [0.717, 1.165) is 36.4 Å². The minimum atomic E-state index is -0.890. The summed E-state index contributed by atoms with van der Waals surface area (Å²) in [5.74, 6) is -0.165. The standard InChI is InChI=1S/C22H35NO6.C9H13NO2.C9H16O4.C5H12.2C2H6.CH3NO/c1-4-5-13-27-17(2)16-29-22(3,23)12-14-28-21(26)9-7-6-8-18-10-11-19(24)20(25)15-18;1-10-5-4-7-2-3-8(11)9(12)6-7;1-9(2,5-7-11)13-8(12)4-3-6-10;1-4-5(2)3;2*1-2;2-1-3/h4-5,10-11,15,17,24-25H,6-9,12-14,16,23H2,1-3H3;2-3,6,10-12H,4-5H2,1H3;6,11H,3-5,7H2,1-2H3;5H,4H2,1-3H3;2*1-2H3;1H,(H2,2,3). The summed E-state index contributed by atoms with van der Waals surface area (Å²) < 4.78 is 21.5. The Morgan fingerprint density at radius 2 is 1.33 bits per heavy atom. The lowest BCUT2D eigenvalue weighted by Gasteiger charge is -2.26. The average Bonchev–Trinajstić information content (AvgIpc) is 3.27. The number of phenols is 4. The summed E-state index contributed by atoms with van der Waals surface area (Å²) in [6.07, 6.45) is 10.4. The number of amides is 1. The number of phenolic OH excluding ortho intramolecular Hbond substituents is 4. The molecule has 16 nitrogen and oxygen atoms in total. The lowest BCUT2D eigenvalue weighted by molar-refractivity contribution is -0.158. The molecular formula is C50H91N3O13. The quantitative estimate of drug-likeness (QED) is 0.0123. The second kappa shape index (κ2) is 46.8. The molecule has 0 aliphatic carbocycles. The van der Waals surface area contributed by atoms with Gasteiger partial charge >= 0.3 is 11.9 Å². The number of ether oxygens (including phenoxy) is 4. The van der Waals surface area contributed by atoms with E-state index >= 15 is 0 Å². The Balaban J connectivity index is -0.000000277. The number of hydrogen-bond acceptors (Lipinski definition) is 15. The van der Waals surface area contributed by atoms with E-state index in [9.17, 15) is 24.6 Å². The second-order valence-electron chi connectivity index (χ2n) is 15.4. The Bertz CT molecular complexity index is 1500. The van der Waals surface area contributed by atoms with Crippen molar-refractivity contribution in [1.82, 2.24) is 5.32 Å². The van der Waals surface area contributed by atoms with Crippen LogP contribution in [0.2, 0.25) is 0 Å². The SMILES string of the molecule is CC.CC.CC(C)(CCO)OC(=O)CCC=O.CC=CCOC(C)COC(C)(N)CCOC(=O)CCCCc1ccc(O)c(O)c1.CCC(C)C.CNCCc1ccc(O)c(O)c1.NC=O. The Labute approximate surface area is 397 Å². The van der Waals surface area contributed by atoms with E-state index in [1.807, 2.05) is 60.7 Å². The molecule has 0 aliphatic heterocycles. The zero-order valence-electron chi connectivity index (χ0n) is 42.7. The van der Waals surface area contributed by atoms with E-state index in [0.29, 0.717) is 51.6 Å². The van der Waals surface area contributed by atoms with Gasteiger partial charge in [-0.15, -0.1) is 0 Å². The molecule has 0 saturated heterocycles. The number of rotatable bonds is 24. The molecule has 2 rings (SSSR count). The number of unbranched alkanes of at least 4 members (excludes halogenated alkanes) is 1. The zero-order valence-corrected chi connectivity index (χ0v) is 42.7. The van der Waals surface area contributed by atoms with Gasteiger partial charge in [-0.2, -0.15) is 0 Å². The number of nitrogens with one attached hydrogen (secondary N) is 1. The van der Waals surface area contributed by atoms with Crippen LogP contribution in [0.1, 0.15) is 146 Å². The number of aryl methyl sites for hydroxylation is 1. The fourth-order valence-electron chi connectivity index (χ4n) is 4.36. The predicted molar refractivity (Wildman–Crippen MR) is 264 cm³/mol. The molecule has 10 N–H and O–H groups in total. The summed E-state index contributed by atoms with van der Waals surface area (Å²) in [4.78, 5) is 41.4. The van der Waals surface area contributed by atoms with Gasteiger partial charge in [0.2, 0.25) is 6.41 Å². The number of nitrogens with two attached hydrogens (primary N) is 2. The number of aromatic hydroxyl groups is 4. The molecule has 0 bridgehead atoms. The molecule has 16 heteroatoms. The molecule has 0 heterocycles. The summed E-state index contributed by atoms with van der Waals surface area (Å²) in [6, 6.07) is 9.61. The first-order valence-corrected chi connectivity index (χ1v) is 23.1. The van der Waals surface area contributed by atoms with Crippen LogP contribution in [-0.2, 0) is 51.0 Å². The maximum Gasteiger partial charge on any atom is 0.306 e. The molecule has 66 heavy (non-hydrogen) atoms. The van der Waals surface area contributed by atoms with Crippen LogP contribution in [0.25, 0.3) is 0 Å². The van der Waals surface area contributed by atoms with Crippen molar-refractivity contribution in [3.05, 3.63) is 59.7 Å². The van der Waals surface area contributed by atoms with Crippen LogP contribution >= 0.6 is 0 Å². The molecule has 0 aliphatic rings. The van der Waals surface area contributed by atoms with Crippen molar-refractivity contribution in [2.45, 2.75) is 165 Å². The molecule has 0 fully saturated rings. The summed E-state index contributed by atoms with van der Waals surface area (Å²) >= 11 is 0. The number of aliphatic hydroxyl groups excluding tert-OH is 1. The van der Waals surface area contributed by atoms with Gasteiger partial charge in [0.05, 0.1) is 32.3 Å². The van der Waals surface area contributed by atoms with Crippen molar-refractivity contribution in [3.63, 3.8) is 0 Å². The van der Waals surface area contributed by atoms with Gasteiger partial charge in [0.15, 0.2) is 23.0 Å². The van der Waals surface area contributed by atoms with Crippen LogP contribution in [0.4, 0.5) is 0 Å². The average molecular weight is 942 g/mol. The summed E-state index contributed by atoms with van der Waals surface area (Å²) in [5.41, 5.74) is 10.7. The monoisotopic (exact) mass is 942 g/mol. The van der Waals surface area contributed by atoms with Gasteiger partial charge in [-0.05, 0) is 115 Å². The number of allylic oxidation sites excluding steroid dienone is 1. The van der Waals surface area contributed by atoms with Crippen LogP contribution in [-0.4, -0.2) is 108 Å². The van der Waals surface area contributed by atoms with Crippen LogP contribution in [0.15, 0.2) is 48.6 Å². The minimum Gasteiger partial charge on any atom is -0.504 e. The van der Waals surface area contributed by atoms with Crippen molar-refractivity contribution < 1.29 is 63.7 Å². The van der Waals surface area contributed by atoms with Crippen LogP contribution in [0.5, 0.6) is 23.0 Å². The van der Waals surface area contributed by atoms with Gasteiger partial charge in [-0.3, -0.25) is 14.4 Å². The molecular weight excluding hydrogens is 851 g/mol. The molecule has 0 saturated carbocycles. The summed E-state index contributed by atoms with van der Waals surface area (Å²) in [6.45, 7) is 25.6. The fraction of sp³-hybridized carbons (Fsp3) is 0.640. The third-order valence-electron chi connectivity index (χ3n) is 8.45. The number of esters is 2. The second-order valence-corrected chi connectivity index (χ2v) is 15.4. The van der Waals surface area contributed by atoms with Crippen molar-refractivity contribution in [2.75, 3.05) is 40.0 Å². The van der Waals surface area contributed by atoms with Gasteiger partial charge in [-0.25, -0.2) is 0 Å². The van der Waals surface area contributed by atoms with Gasteiger partial charge in [-0.1, -0.05) is 79.2 Å². The smallest absolute Gasteiger partial charge is 0.306 e. The number of hydrogen-bond donors (Lipinski definition) is 8. The van der Waals surface area contributed by atoms with E-state index in [4.69, 9.17) is 44.8 Å². The first kappa shape index (κ1) is 70.3. The number of benzene rings is 2. The van der Waals surface area contributed by atoms with E-state index in [1.54, 1.807) is 39.0 Å². The third kappa shape index (κ3) is 47.2. The Hall–Kier alpha value is -4.74. The molecule has 2 unspecified atom stereocenters. The topological polar surface area (TPSA) is 270 Å². The molecule has 2 atom stereocenters. The molecule has 0 spiro atoms. The first-order chi connectivity index (χ1) is 31.2. The third-order valence-corrected chi connectivity index (χ3v) is 8.45. The maximum atomic E-state index is 11.8. The zero-order chi connectivity index (χ0) is 52.0. The largest absolute Gasteiger partial charge is 0.504 e. The highest BCUT2D eigenvalue weighted by Gasteiger charge is 2.22. The first-order valence-electron chi connectivity index (χ1n) is 23.1. The molecule has 1 amide bonds. The number of carbonyl (C=O) groups excluding carboxylic acids is 4. The highest BCUT2D eigenvalue weighted by molar-refractivity contribution is 5.72. The van der Waals surface area contributed by atoms with E-state index in [1.165, 1.54) is 24.6 Å². The number of likely N-dealkylation sites (N-methyl/N-ethyl adjacent to an activating group) is 1. The molecule has 0 aromatic heterocycles. The Morgan fingerprint density at radius 1 is 0.818 bits per heavy atom. The lowest BCUT2D eigenvalue weighted by Crippen LogP contribution is -2.42. The van der Waals surface area contributed by atoms with Crippen LogP contribution in [0.3, 0.4) is 0 Å². The van der Waals surface area contributed by atoms with Crippen molar-refractivity contribution >= 4 is 24.6 Å². The van der Waals surface area contributed by atoms with Gasteiger partial charge in [0.25, 0.3) is 0 Å². The summed E-state index contributed by atoms with van der Waals surface area (Å²) in [7, 11) is 1.88.